The summed E-state index contributed by atoms with van der Waals surface area (Å²) in [6.07, 6.45) is 5.63. The van der Waals surface area contributed by atoms with Crippen LogP contribution in [0.3, 0.4) is 0 Å². The third-order valence-corrected chi connectivity index (χ3v) is 1.46. The van der Waals surface area contributed by atoms with Crippen LogP contribution in [0.25, 0.3) is 0 Å². The van der Waals surface area contributed by atoms with E-state index in [-0.39, 0.29) is 0 Å². The molecule has 0 saturated carbocycles. The molecule has 0 saturated heterocycles. The van der Waals surface area contributed by atoms with Gasteiger partial charge in [-0.05, 0) is 0 Å². The van der Waals surface area contributed by atoms with Crippen molar-refractivity contribution < 1.29 is 14.6 Å². The Morgan fingerprint density at radius 1 is 1.36 bits per heavy atom. The lowest BCUT2D eigenvalue weighted by molar-refractivity contribution is 0.0209. The van der Waals surface area contributed by atoms with E-state index in [0.717, 1.165) is 0 Å². The summed E-state index contributed by atoms with van der Waals surface area (Å²) in [5, 5.41) is 19.9. The lowest BCUT2D eigenvalue weighted by Gasteiger charge is -2.13. The van der Waals surface area contributed by atoms with Crippen LogP contribution in [0.15, 0.2) is 37.0 Å². The summed E-state index contributed by atoms with van der Waals surface area (Å²) in [5.74, 6) is 0. The van der Waals surface area contributed by atoms with Gasteiger partial charge < -0.3 is 10.2 Å². The molecule has 80 valence electrons. The number of hydrogen-bond acceptors (Lipinski definition) is 3. The van der Waals surface area contributed by atoms with Crippen molar-refractivity contribution in [2.24, 2.45) is 0 Å². The molecule has 0 aromatic heterocycles. The maximum Gasteiger partial charge on any atom is 0.162 e. The van der Waals surface area contributed by atoms with Gasteiger partial charge in [0.15, 0.2) is 6.17 Å². The van der Waals surface area contributed by atoms with Gasteiger partial charge >= 0.3 is 0 Å². The average molecular weight is 201 g/mol. The van der Waals surface area contributed by atoms with E-state index >= 15 is 0 Å². The highest BCUT2D eigenvalue weighted by Gasteiger charge is 2.14. The second-order valence-electron chi connectivity index (χ2n) is 2.60. The molecule has 0 fully saturated rings. The first kappa shape index (κ1) is 13.0. The van der Waals surface area contributed by atoms with Crippen molar-refractivity contribution in [2.75, 3.05) is 13.2 Å². The van der Waals surface area contributed by atoms with E-state index in [1.54, 1.807) is 30.4 Å². The molecule has 0 amide bonds. The largest absolute Gasteiger partial charge is 0.393 e. The molecule has 0 aliphatic rings. The van der Waals surface area contributed by atoms with E-state index < -0.39 is 19.0 Å². The zero-order chi connectivity index (χ0) is 10.8. The normalized spacial score (nSPS) is 16.2. The zero-order valence-corrected chi connectivity index (χ0v) is 7.94. The van der Waals surface area contributed by atoms with Crippen molar-refractivity contribution >= 4 is 0 Å². The lowest BCUT2D eigenvalue weighted by Crippen LogP contribution is -2.39. The number of halogens is 1. The van der Waals surface area contributed by atoms with Crippen LogP contribution in [0.1, 0.15) is 0 Å². The standard InChI is InChI=1S/C10H16FNO2/c1-2-3-4-5-6-7-12-10(14)9(11)8-13/h2-6,9-10,12-14H,1,7-8H2/b4-3-,6-5+. The van der Waals surface area contributed by atoms with E-state index in [1.165, 1.54) is 0 Å². The Morgan fingerprint density at radius 2 is 2.07 bits per heavy atom. The summed E-state index contributed by atoms with van der Waals surface area (Å²) >= 11 is 0. The number of aliphatic hydroxyl groups is 2. The number of hydrogen-bond donors (Lipinski definition) is 3. The Balaban J connectivity index is 3.57. The van der Waals surface area contributed by atoms with E-state index in [1.807, 2.05) is 0 Å². The summed E-state index contributed by atoms with van der Waals surface area (Å²) in [4.78, 5) is 0. The maximum absolute atomic E-state index is 12.5. The van der Waals surface area contributed by atoms with E-state index in [9.17, 15) is 4.39 Å². The lowest BCUT2D eigenvalue weighted by atomic mass is 10.3. The second kappa shape index (κ2) is 8.62. The molecule has 0 aliphatic heterocycles. The molecule has 2 unspecified atom stereocenters. The Hall–Kier alpha value is -0.970. The molecule has 14 heavy (non-hydrogen) atoms. The Kier molecular flexibility index (Phi) is 8.02. The second-order valence-corrected chi connectivity index (χ2v) is 2.60. The van der Waals surface area contributed by atoms with Gasteiger partial charge in [0.2, 0.25) is 0 Å². The van der Waals surface area contributed by atoms with Crippen LogP contribution in [0, 0.1) is 0 Å². The molecule has 0 rings (SSSR count). The fourth-order valence-electron chi connectivity index (χ4n) is 0.706. The van der Waals surface area contributed by atoms with Crippen LogP contribution in [-0.4, -0.2) is 35.8 Å². The molecule has 3 nitrogen and oxygen atoms in total. The molecular formula is C10H16FNO2. The number of nitrogens with one attached hydrogen (secondary N) is 1. The van der Waals surface area contributed by atoms with Crippen molar-refractivity contribution in [1.82, 2.24) is 5.32 Å². The van der Waals surface area contributed by atoms with Gasteiger partial charge in [-0.1, -0.05) is 37.0 Å². The number of allylic oxidation sites excluding steroid dienone is 4. The molecule has 0 aromatic carbocycles. The van der Waals surface area contributed by atoms with Gasteiger partial charge in [-0.2, -0.15) is 0 Å². The third-order valence-electron chi connectivity index (χ3n) is 1.46. The monoisotopic (exact) mass is 201 g/mol. The van der Waals surface area contributed by atoms with Gasteiger partial charge in [-0.15, -0.1) is 0 Å². The van der Waals surface area contributed by atoms with Crippen molar-refractivity contribution in [3.05, 3.63) is 37.0 Å². The number of aliphatic hydroxyl groups excluding tert-OH is 2. The van der Waals surface area contributed by atoms with Gasteiger partial charge in [0.05, 0.1) is 6.61 Å². The van der Waals surface area contributed by atoms with Gasteiger partial charge in [-0.3, -0.25) is 5.32 Å². The highest BCUT2D eigenvalue weighted by atomic mass is 19.1. The number of rotatable bonds is 7. The van der Waals surface area contributed by atoms with Gasteiger partial charge in [0.25, 0.3) is 0 Å². The molecule has 0 spiro atoms. The Labute approximate surface area is 83.3 Å². The molecule has 3 N–H and O–H groups in total. The van der Waals surface area contributed by atoms with Crippen molar-refractivity contribution in [2.45, 2.75) is 12.4 Å². The molecule has 0 bridgehead atoms. The summed E-state index contributed by atoms with van der Waals surface area (Å²) < 4.78 is 12.5. The van der Waals surface area contributed by atoms with E-state index in [0.29, 0.717) is 6.54 Å². The first-order valence-corrected chi connectivity index (χ1v) is 4.33. The first-order valence-electron chi connectivity index (χ1n) is 4.33. The van der Waals surface area contributed by atoms with Crippen LogP contribution in [0.2, 0.25) is 0 Å². The molecule has 0 aliphatic carbocycles. The van der Waals surface area contributed by atoms with E-state index in [2.05, 4.69) is 11.9 Å². The molecule has 0 radical (unpaired) electrons. The Bertz CT molecular complexity index is 204. The van der Waals surface area contributed by atoms with Crippen LogP contribution in [-0.2, 0) is 0 Å². The van der Waals surface area contributed by atoms with Crippen molar-refractivity contribution in [3.63, 3.8) is 0 Å². The highest BCUT2D eigenvalue weighted by molar-refractivity contribution is 5.09. The van der Waals surface area contributed by atoms with Crippen LogP contribution < -0.4 is 5.32 Å². The smallest absolute Gasteiger partial charge is 0.162 e. The van der Waals surface area contributed by atoms with Crippen molar-refractivity contribution in [3.8, 4) is 0 Å². The molecule has 0 heterocycles. The summed E-state index contributed by atoms with van der Waals surface area (Å²) in [5.41, 5.74) is 0. The predicted molar refractivity (Wildman–Crippen MR) is 54.5 cm³/mol. The first-order chi connectivity index (χ1) is 6.72. The molecular weight excluding hydrogens is 185 g/mol. The number of alkyl halides is 1. The predicted octanol–water partition coefficient (Wildman–Crippen LogP) is 0.523. The molecule has 4 heteroatoms. The summed E-state index contributed by atoms with van der Waals surface area (Å²) in [6, 6.07) is 0. The SMILES string of the molecule is C=C/C=C\C=C\CNC(O)C(F)CO. The van der Waals surface area contributed by atoms with Gasteiger partial charge in [0, 0.05) is 6.54 Å². The quantitative estimate of drug-likeness (QED) is 0.416. The summed E-state index contributed by atoms with van der Waals surface area (Å²) in [6.45, 7) is 3.14. The van der Waals surface area contributed by atoms with Crippen LogP contribution in [0.5, 0.6) is 0 Å². The average Bonchev–Trinajstić information content (AvgIpc) is 2.21. The summed E-state index contributed by atoms with van der Waals surface area (Å²) in [7, 11) is 0. The maximum atomic E-state index is 12.5. The fourth-order valence-corrected chi connectivity index (χ4v) is 0.706. The van der Waals surface area contributed by atoms with Crippen LogP contribution >= 0.6 is 0 Å². The minimum atomic E-state index is -1.65. The Morgan fingerprint density at radius 3 is 2.64 bits per heavy atom. The third kappa shape index (κ3) is 6.54. The van der Waals surface area contributed by atoms with Gasteiger partial charge in [0.1, 0.15) is 6.23 Å². The topological polar surface area (TPSA) is 52.5 Å². The van der Waals surface area contributed by atoms with E-state index in [4.69, 9.17) is 10.2 Å². The minimum absolute atomic E-state index is 0.336. The fraction of sp³-hybridized carbons (Fsp3) is 0.400. The minimum Gasteiger partial charge on any atom is -0.393 e. The van der Waals surface area contributed by atoms with Crippen molar-refractivity contribution in [1.29, 1.82) is 0 Å². The zero-order valence-electron chi connectivity index (χ0n) is 7.94. The van der Waals surface area contributed by atoms with Gasteiger partial charge in [-0.25, -0.2) is 4.39 Å². The van der Waals surface area contributed by atoms with Crippen LogP contribution in [0.4, 0.5) is 4.39 Å². The molecule has 2 atom stereocenters. The molecule has 0 aromatic rings. The highest BCUT2D eigenvalue weighted by Crippen LogP contribution is 1.93.